The molecule has 3 atom stereocenters. The molecule has 218 valence electrons. The summed E-state index contributed by atoms with van der Waals surface area (Å²) in [6.45, 7) is 0.265. The summed E-state index contributed by atoms with van der Waals surface area (Å²) in [6, 6.07) is 37.5. The molecule has 0 fully saturated rings. The molecule has 7 nitrogen and oxygen atoms in total. The van der Waals surface area contributed by atoms with Gasteiger partial charge in [-0.15, -0.1) is 0 Å². The number of hydrogen-bond donors (Lipinski definition) is 3. The topological polar surface area (TPSA) is 96.9 Å². The van der Waals surface area contributed by atoms with Crippen LogP contribution in [0.3, 0.4) is 0 Å². The van der Waals surface area contributed by atoms with Gasteiger partial charge < -0.3 is 25.2 Å². The summed E-state index contributed by atoms with van der Waals surface area (Å²) in [6.07, 6.45) is -0.301. The first-order chi connectivity index (χ1) is 20.5. The maximum Gasteiger partial charge on any atom is 0.407 e. The summed E-state index contributed by atoms with van der Waals surface area (Å²) in [5.41, 5.74) is 3.85. The average Bonchev–Trinajstić information content (AvgIpc) is 3.03. The van der Waals surface area contributed by atoms with E-state index in [2.05, 4.69) is 10.6 Å². The van der Waals surface area contributed by atoms with Gasteiger partial charge in [0.05, 0.1) is 12.1 Å². The number of amides is 2. The van der Waals surface area contributed by atoms with Crippen LogP contribution in [-0.2, 0) is 35.5 Å². The molecule has 0 radical (unpaired) electrons. The third-order valence-corrected chi connectivity index (χ3v) is 6.95. The van der Waals surface area contributed by atoms with Crippen molar-refractivity contribution in [2.24, 2.45) is 0 Å². The van der Waals surface area contributed by atoms with Crippen LogP contribution in [-0.4, -0.2) is 35.5 Å². The maximum atomic E-state index is 12.8. The zero-order chi connectivity index (χ0) is 29.4. The number of carbonyl (C=O) groups is 2. The van der Waals surface area contributed by atoms with Crippen molar-refractivity contribution in [1.29, 1.82) is 0 Å². The predicted molar refractivity (Wildman–Crippen MR) is 163 cm³/mol. The zero-order valence-corrected chi connectivity index (χ0v) is 23.6. The molecular formula is C35H38N2O5. The quantitative estimate of drug-likeness (QED) is 0.169. The first kappa shape index (κ1) is 30.3. The van der Waals surface area contributed by atoms with E-state index in [9.17, 15) is 14.7 Å². The summed E-state index contributed by atoms with van der Waals surface area (Å²) in [4.78, 5) is 25.6. The first-order valence-electron chi connectivity index (χ1n) is 14.3. The molecule has 0 spiro atoms. The molecule has 0 aliphatic rings. The van der Waals surface area contributed by atoms with Crippen molar-refractivity contribution in [3.05, 3.63) is 144 Å². The van der Waals surface area contributed by atoms with Gasteiger partial charge in [0, 0.05) is 6.04 Å². The maximum absolute atomic E-state index is 12.8. The summed E-state index contributed by atoms with van der Waals surface area (Å²) < 4.78 is 10.9. The van der Waals surface area contributed by atoms with E-state index < -0.39 is 30.4 Å². The zero-order valence-electron chi connectivity index (χ0n) is 23.6. The molecule has 0 aliphatic heterocycles. The van der Waals surface area contributed by atoms with Crippen LogP contribution >= 0.6 is 0 Å². The standard InChI is InChI=1S/C35H38N2O5/c38-33(24-31(23-28-15-7-2-8-16-28)36-34(39)41-25-29-17-9-3-10-18-29)32(22-21-27-13-5-1-6-14-27)37-35(40)42-26-30-19-11-4-12-20-30/h1-20,31-33,38H,21-26H2,(H,36,39)(H,37,40)/t31-,32-,33?/m1/s1. The van der Waals surface area contributed by atoms with Gasteiger partial charge in [-0.1, -0.05) is 121 Å². The number of aliphatic hydroxyl groups is 1. The molecule has 3 N–H and O–H groups in total. The van der Waals surface area contributed by atoms with Crippen molar-refractivity contribution in [2.45, 2.75) is 57.1 Å². The molecule has 4 aromatic carbocycles. The Morgan fingerprint density at radius 1 is 0.595 bits per heavy atom. The predicted octanol–water partition coefficient (Wildman–Crippen LogP) is 6.20. The molecule has 7 heteroatoms. The molecule has 0 aromatic heterocycles. The molecule has 4 aromatic rings. The van der Waals surface area contributed by atoms with Crippen molar-refractivity contribution in [2.75, 3.05) is 0 Å². The van der Waals surface area contributed by atoms with E-state index in [1.807, 2.05) is 121 Å². The van der Waals surface area contributed by atoms with Crippen molar-refractivity contribution in [3.63, 3.8) is 0 Å². The molecule has 0 heterocycles. The second-order valence-corrected chi connectivity index (χ2v) is 10.2. The van der Waals surface area contributed by atoms with Crippen molar-refractivity contribution in [1.82, 2.24) is 10.6 Å². The van der Waals surface area contributed by atoms with E-state index in [0.717, 1.165) is 22.3 Å². The highest BCUT2D eigenvalue weighted by atomic mass is 16.6. The third-order valence-electron chi connectivity index (χ3n) is 6.95. The fraction of sp³-hybridized carbons (Fsp3) is 0.257. The number of benzene rings is 4. The van der Waals surface area contributed by atoms with Crippen LogP contribution in [0.5, 0.6) is 0 Å². The van der Waals surface area contributed by atoms with Crippen molar-refractivity contribution >= 4 is 12.2 Å². The highest BCUT2D eigenvalue weighted by molar-refractivity contribution is 5.68. The number of aryl methyl sites for hydroxylation is 1. The van der Waals surface area contributed by atoms with Crippen molar-refractivity contribution in [3.8, 4) is 0 Å². The molecule has 4 rings (SSSR count). The highest BCUT2D eigenvalue weighted by Gasteiger charge is 2.26. The summed E-state index contributed by atoms with van der Waals surface area (Å²) in [5, 5.41) is 17.2. The SMILES string of the molecule is O=C(N[C@H](Cc1ccccc1)CC(O)[C@@H](CCc1ccccc1)NC(=O)OCc1ccccc1)OCc1ccccc1. The molecule has 0 aliphatic carbocycles. The summed E-state index contributed by atoms with van der Waals surface area (Å²) >= 11 is 0. The number of hydrogen-bond acceptors (Lipinski definition) is 5. The minimum atomic E-state index is -0.957. The molecule has 0 bridgehead atoms. The Morgan fingerprint density at radius 3 is 1.52 bits per heavy atom. The summed E-state index contributed by atoms with van der Waals surface area (Å²) in [7, 11) is 0. The van der Waals surface area contributed by atoms with Crippen LogP contribution < -0.4 is 10.6 Å². The lowest BCUT2D eigenvalue weighted by atomic mass is 9.94. The number of rotatable bonds is 14. The van der Waals surface area contributed by atoms with Crippen LogP contribution in [0.1, 0.15) is 35.1 Å². The lowest BCUT2D eigenvalue weighted by Gasteiger charge is -2.28. The van der Waals surface area contributed by atoms with E-state index in [1.165, 1.54) is 0 Å². The number of alkyl carbamates (subject to hydrolysis) is 2. The monoisotopic (exact) mass is 566 g/mol. The Morgan fingerprint density at radius 2 is 1.02 bits per heavy atom. The lowest BCUT2D eigenvalue weighted by molar-refractivity contribution is 0.0836. The van der Waals surface area contributed by atoms with Gasteiger partial charge in [-0.25, -0.2) is 9.59 Å². The average molecular weight is 567 g/mol. The van der Waals surface area contributed by atoms with Gasteiger partial charge >= 0.3 is 12.2 Å². The second-order valence-electron chi connectivity index (χ2n) is 10.2. The largest absolute Gasteiger partial charge is 0.445 e. The Bertz CT molecular complexity index is 1340. The molecular weight excluding hydrogens is 528 g/mol. The van der Waals surface area contributed by atoms with E-state index in [4.69, 9.17) is 9.47 Å². The molecule has 1 unspecified atom stereocenters. The van der Waals surface area contributed by atoms with Crippen LogP contribution in [0.15, 0.2) is 121 Å². The van der Waals surface area contributed by atoms with Gasteiger partial charge in [-0.2, -0.15) is 0 Å². The van der Waals surface area contributed by atoms with Gasteiger partial charge in [0.25, 0.3) is 0 Å². The second kappa shape index (κ2) is 16.6. The Labute approximate surface area is 247 Å². The van der Waals surface area contributed by atoms with E-state index in [1.54, 1.807) is 0 Å². The highest BCUT2D eigenvalue weighted by Crippen LogP contribution is 2.15. The minimum absolute atomic E-state index is 0.125. The van der Waals surface area contributed by atoms with Crippen molar-refractivity contribution < 1.29 is 24.2 Å². The number of nitrogens with one attached hydrogen (secondary N) is 2. The Balaban J connectivity index is 1.42. The van der Waals surface area contributed by atoms with Gasteiger partial charge in [0.2, 0.25) is 0 Å². The van der Waals surface area contributed by atoms with E-state index in [-0.39, 0.29) is 19.6 Å². The van der Waals surface area contributed by atoms with E-state index >= 15 is 0 Å². The van der Waals surface area contributed by atoms with E-state index in [0.29, 0.717) is 19.3 Å². The number of ether oxygens (including phenoxy) is 2. The van der Waals surface area contributed by atoms with Crippen LogP contribution in [0.4, 0.5) is 9.59 Å². The Hall–Kier alpha value is -4.62. The van der Waals surface area contributed by atoms with Crippen LogP contribution in [0.2, 0.25) is 0 Å². The molecule has 0 saturated carbocycles. The Kier molecular flexibility index (Phi) is 12.0. The van der Waals surface area contributed by atoms with Gasteiger partial charge in [-0.3, -0.25) is 0 Å². The van der Waals surface area contributed by atoms with Gasteiger partial charge in [0.1, 0.15) is 13.2 Å². The fourth-order valence-electron chi connectivity index (χ4n) is 4.72. The van der Waals surface area contributed by atoms with Gasteiger partial charge in [-0.05, 0) is 47.9 Å². The molecule has 42 heavy (non-hydrogen) atoms. The minimum Gasteiger partial charge on any atom is -0.445 e. The normalized spacial score (nSPS) is 12.9. The number of aliphatic hydroxyl groups excluding tert-OH is 1. The van der Waals surface area contributed by atoms with Gasteiger partial charge in [0.15, 0.2) is 0 Å². The first-order valence-corrected chi connectivity index (χ1v) is 14.3. The van der Waals surface area contributed by atoms with Crippen LogP contribution in [0.25, 0.3) is 0 Å². The lowest BCUT2D eigenvalue weighted by Crippen LogP contribution is -2.48. The van der Waals surface area contributed by atoms with Crippen LogP contribution in [0, 0.1) is 0 Å². The fourth-order valence-corrected chi connectivity index (χ4v) is 4.72. The molecule has 0 saturated heterocycles. The number of carbonyl (C=O) groups excluding carboxylic acids is 2. The summed E-state index contributed by atoms with van der Waals surface area (Å²) in [5.74, 6) is 0. The molecule has 2 amide bonds. The third kappa shape index (κ3) is 10.7. The smallest absolute Gasteiger partial charge is 0.407 e.